The number of rotatable bonds is 8. The summed E-state index contributed by atoms with van der Waals surface area (Å²) in [6.07, 6.45) is 3.33. The summed E-state index contributed by atoms with van der Waals surface area (Å²) in [5, 5.41) is 2.69. The van der Waals surface area contributed by atoms with E-state index in [2.05, 4.69) is 41.8 Å². The number of carbonyl (C=O) groups excluding carboxylic acids is 2. The van der Waals surface area contributed by atoms with Crippen LogP contribution in [-0.4, -0.2) is 29.6 Å². The molecule has 0 radical (unpaired) electrons. The molecular weight excluding hydrogens is 551 g/mol. The predicted octanol–water partition coefficient (Wildman–Crippen LogP) is 5.26. The second kappa shape index (κ2) is 11.1. The summed E-state index contributed by atoms with van der Waals surface area (Å²) in [5.41, 5.74) is 2.41. The van der Waals surface area contributed by atoms with Gasteiger partial charge in [0.1, 0.15) is 5.57 Å². The molecule has 8 heteroatoms. The zero-order valence-corrected chi connectivity index (χ0v) is 22.1. The molecule has 2 aromatic rings. The summed E-state index contributed by atoms with van der Waals surface area (Å²) in [6.45, 7) is 8.46. The van der Waals surface area contributed by atoms with Gasteiger partial charge in [-0.25, -0.2) is 0 Å². The van der Waals surface area contributed by atoms with Crippen molar-refractivity contribution in [2.45, 2.75) is 46.6 Å². The number of aryl methyl sites for hydroxylation is 1. The first-order valence-electron chi connectivity index (χ1n) is 10.9. The molecule has 2 amide bonds. The van der Waals surface area contributed by atoms with Crippen molar-refractivity contribution < 1.29 is 19.1 Å². The lowest BCUT2D eigenvalue weighted by Crippen LogP contribution is -2.54. The molecule has 1 N–H and O–H groups in total. The first-order chi connectivity index (χ1) is 15.8. The third-order valence-corrected chi connectivity index (χ3v) is 6.33. The van der Waals surface area contributed by atoms with Gasteiger partial charge in [-0.1, -0.05) is 26.0 Å². The minimum absolute atomic E-state index is 0.00277. The Kier molecular flexibility index (Phi) is 8.47. The normalized spacial score (nSPS) is 16.1. The minimum Gasteiger partial charge on any atom is -0.490 e. The van der Waals surface area contributed by atoms with Crippen LogP contribution in [0.15, 0.2) is 42.0 Å². The number of hydrogen-bond donors (Lipinski definition) is 1. The van der Waals surface area contributed by atoms with Gasteiger partial charge in [-0.15, -0.1) is 0 Å². The lowest BCUT2D eigenvalue weighted by atomic mass is 10.1. The fourth-order valence-corrected chi connectivity index (χ4v) is 4.31. The summed E-state index contributed by atoms with van der Waals surface area (Å²) >= 11 is 7.47. The van der Waals surface area contributed by atoms with Gasteiger partial charge in [-0.05, 0) is 103 Å². The van der Waals surface area contributed by atoms with E-state index >= 15 is 0 Å². The zero-order valence-electron chi connectivity index (χ0n) is 19.1. The molecule has 2 aromatic carbocycles. The Balaban J connectivity index is 2.00. The topological polar surface area (TPSA) is 67.9 Å². The number of thiocarbonyl (C=S) groups is 1. The number of halogens is 1. The fourth-order valence-electron chi connectivity index (χ4n) is 3.27. The lowest BCUT2D eigenvalue weighted by Gasteiger charge is -2.29. The third-order valence-electron chi connectivity index (χ3n) is 5.24. The van der Waals surface area contributed by atoms with Gasteiger partial charge in [0.15, 0.2) is 16.6 Å². The van der Waals surface area contributed by atoms with Gasteiger partial charge >= 0.3 is 0 Å². The van der Waals surface area contributed by atoms with E-state index in [1.54, 1.807) is 12.1 Å². The lowest BCUT2D eigenvalue weighted by molar-refractivity contribution is -0.122. The standard InChI is InChI=1S/C25H27IN2O4S/c1-5-15(4)32-22-20(26)13-17(14-21(22)31-7-3)12-19-23(29)27-25(33)28(24(19)30)18-10-8-16(6-2)9-11-18/h8-15H,5-7H2,1-4H3,(H,27,29,33)/b19-12+/t15-/m0/s1. The van der Waals surface area contributed by atoms with E-state index in [0.717, 1.165) is 22.0 Å². The SMILES string of the molecule is CCOc1cc(/C=C2\C(=O)NC(=S)N(c3ccc(CC)cc3)C2=O)cc(I)c1O[C@@H](C)CC. The molecule has 1 saturated heterocycles. The number of carbonyl (C=O) groups is 2. The quantitative estimate of drug-likeness (QED) is 0.200. The number of ether oxygens (including phenoxy) is 2. The minimum atomic E-state index is -0.528. The number of anilines is 1. The Bertz CT molecular complexity index is 1100. The van der Waals surface area contributed by atoms with Gasteiger partial charge in [0.2, 0.25) is 0 Å². The van der Waals surface area contributed by atoms with Crippen molar-refractivity contribution >= 4 is 63.5 Å². The number of benzene rings is 2. The molecule has 0 unspecified atom stereocenters. The van der Waals surface area contributed by atoms with Crippen molar-refractivity contribution in [3.63, 3.8) is 0 Å². The van der Waals surface area contributed by atoms with E-state index in [0.29, 0.717) is 29.4 Å². The van der Waals surface area contributed by atoms with Crippen LogP contribution in [0.5, 0.6) is 11.5 Å². The highest BCUT2D eigenvalue weighted by Crippen LogP contribution is 2.36. The highest BCUT2D eigenvalue weighted by molar-refractivity contribution is 14.1. The Morgan fingerprint density at radius 1 is 1.15 bits per heavy atom. The Labute approximate surface area is 213 Å². The summed E-state index contributed by atoms with van der Waals surface area (Å²) in [7, 11) is 0. The van der Waals surface area contributed by atoms with Gasteiger partial charge in [0.05, 0.1) is 22.0 Å². The van der Waals surface area contributed by atoms with Gasteiger partial charge < -0.3 is 9.47 Å². The highest BCUT2D eigenvalue weighted by Gasteiger charge is 2.34. The Hall–Kier alpha value is -2.46. The average molecular weight is 578 g/mol. The van der Waals surface area contributed by atoms with Crippen LogP contribution in [0.25, 0.3) is 6.08 Å². The van der Waals surface area contributed by atoms with Gasteiger partial charge in [0.25, 0.3) is 11.8 Å². The molecular formula is C25H27IN2O4S. The smallest absolute Gasteiger partial charge is 0.270 e. The summed E-state index contributed by atoms with van der Waals surface area (Å²) in [6, 6.07) is 11.2. The molecule has 1 heterocycles. The zero-order chi connectivity index (χ0) is 24.1. The molecule has 1 fully saturated rings. The molecule has 0 saturated carbocycles. The van der Waals surface area contributed by atoms with Crippen molar-refractivity contribution in [1.82, 2.24) is 5.32 Å². The molecule has 3 rings (SSSR count). The second-order valence-electron chi connectivity index (χ2n) is 7.58. The number of nitrogens with one attached hydrogen (secondary N) is 1. The van der Waals surface area contributed by atoms with E-state index in [1.165, 1.54) is 4.90 Å². The molecule has 0 spiro atoms. The van der Waals surface area contributed by atoms with E-state index < -0.39 is 11.8 Å². The maximum Gasteiger partial charge on any atom is 0.270 e. The van der Waals surface area contributed by atoms with Crippen LogP contribution in [0.3, 0.4) is 0 Å². The van der Waals surface area contributed by atoms with Crippen molar-refractivity contribution in [3.05, 3.63) is 56.7 Å². The van der Waals surface area contributed by atoms with Gasteiger partial charge in [-0.2, -0.15) is 0 Å². The molecule has 33 heavy (non-hydrogen) atoms. The van der Waals surface area contributed by atoms with E-state index in [9.17, 15) is 9.59 Å². The summed E-state index contributed by atoms with van der Waals surface area (Å²) in [5.74, 6) is 0.232. The number of nitrogens with zero attached hydrogens (tertiary/aromatic N) is 1. The summed E-state index contributed by atoms with van der Waals surface area (Å²) < 4.78 is 12.7. The molecule has 0 aliphatic carbocycles. The average Bonchev–Trinajstić information content (AvgIpc) is 2.79. The Morgan fingerprint density at radius 3 is 2.45 bits per heavy atom. The van der Waals surface area contributed by atoms with E-state index in [1.807, 2.05) is 44.2 Å². The van der Waals surface area contributed by atoms with Crippen LogP contribution < -0.4 is 19.7 Å². The van der Waals surface area contributed by atoms with Crippen molar-refractivity contribution in [1.29, 1.82) is 0 Å². The summed E-state index contributed by atoms with van der Waals surface area (Å²) in [4.78, 5) is 27.3. The Morgan fingerprint density at radius 2 is 1.85 bits per heavy atom. The molecule has 1 atom stereocenters. The van der Waals surface area contributed by atoms with Crippen molar-refractivity contribution in [3.8, 4) is 11.5 Å². The second-order valence-corrected chi connectivity index (χ2v) is 9.13. The molecule has 174 valence electrons. The van der Waals surface area contributed by atoms with E-state index in [-0.39, 0.29) is 16.8 Å². The first-order valence-corrected chi connectivity index (χ1v) is 12.4. The maximum absolute atomic E-state index is 13.3. The predicted molar refractivity (Wildman–Crippen MR) is 143 cm³/mol. The molecule has 6 nitrogen and oxygen atoms in total. The monoisotopic (exact) mass is 578 g/mol. The highest BCUT2D eigenvalue weighted by atomic mass is 127. The van der Waals surface area contributed by atoms with Crippen LogP contribution in [-0.2, 0) is 16.0 Å². The first kappa shape index (κ1) is 25.2. The number of amides is 2. The van der Waals surface area contributed by atoms with Crippen LogP contribution in [0.1, 0.15) is 45.2 Å². The van der Waals surface area contributed by atoms with Gasteiger partial charge in [0, 0.05) is 0 Å². The molecule has 0 bridgehead atoms. The molecule has 0 aromatic heterocycles. The molecule has 1 aliphatic heterocycles. The van der Waals surface area contributed by atoms with Crippen molar-refractivity contribution in [2.75, 3.05) is 11.5 Å². The number of hydrogen-bond acceptors (Lipinski definition) is 5. The van der Waals surface area contributed by atoms with E-state index in [4.69, 9.17) is 21.7 Å². The van der Waals surface area contributed by atoms with Crippen LogP contribution in [0.2, 0.25) is 0 Å². The van der Waals surface area contributed by atoms with Crippen LogP contribution >= 0.6 is 34.8 Å². The molecule has 1 aliphatic rings. The van der Waals surface area contributed by atoms with Crippen molar-refractivity contribution in [2.24, 2.45) is 0 Å². The van der Waals surface area contributed by atoms with Crippen LogP contribution in [0, 0.1) is 3.57 Å². The maximum atomic E-state index is 13.3. The third kappa shape index (κ3) is 5.73. The van der Waals surface area contributed by atoms with Gasteiger partial charge in [-0.3, -0.25) is 19.8 Å². The largest absolute Gasteiger partial charge is 0.490 e. The van der Waals surface area contributed by atoms with Crippen LogP contribution in [0.4, 0.5) is 5.69 Å². The fraction of sp³-hybridized carbons (Fsp3) is 0.320.